The SMILES string of the molecule is CC(=CCCC(C)C)C(=O)N[C@@H](CC(C)C)C(=O)O. The van der Waals surface area contributed by atoms with Gasteiger partial charge in [-0.05, 0) is 38.0 Å². The van der Waals surface area contributed by atoms with E-state index in [2.05, 4.69) is 19.2 Å². The molecule has 0 spiro atoms. The van der Waals surface area contributed by atoms with Crippen molar-refractivity contribution in [1.82, 2.24) is 5.32 Å². The average molecular weight is 269 g/mol. The molecule has 0 fully saturated rings. The lowest BCUT2D eigenvalue weighted by Crippen LogP contribution is -2.42. The maximum absolute atomic E-state index is 11.9. The average Bonchev–Trinajstić information content (AvgIpc) is 2.26. The van der Waals surface area contributed by atoms with Gasteiger partial charge in [-0.1, -0.05) is 33.8 Å². The lowest BCUT2D eigenvalue weighted by molar-refractivity contribution is -0.141. The molecule has 0 rings (SSSR count). The van der Waals surface area contributed by atoms with Gasteiger partial charge in [0.25, 0.3) is 0 Å². The first-order valence-corrected chi connectivity index (χ1v) is 6.94. The molecular formula is C15H27NO3. The molecule has 0 bridgehead atoms. The molecule has 0 radical (unpaired) electrons. The second-order valence-corrected chi connectivity index (χ2v) is 5.85. The summed E-state index contributed by atoms with van der Waals surface area (Å²) in [6, 6.07) is -0.805. The highest BCUT2D eigenvalue weighted by Gasteiger charge is 2.21. The first-order valence-electron chi connectivity index (χ1n) is 6.94. The van der Waals surface area contributed by atoms with Crippen LogP contribution in [0, 0.1) is 11.8 Å². The fourth-order valence-corrected chi connectivity index (χ4v) is 1.69. The van der Waals surface area contributed by atoms with Crippen LogP contribution in [0.2, 0.25) is 0 Å². The number of hydrogen-bond acceptors (Lipinski definition) is 2. The van der Waals surface area contributed by atoms with Gasteiger partial charge in [-0.25, -0.2) is 4.79 Å². The Hall–Kier alpha value is -1.32. The van der Waals surface area contributed by atoms with Gasteiger partial charge < -0.3 is 10.4 Å². The first-order chi connectivity index (χ1) is 8.73. The summed E-state index contributed by atoms with van der Waals surface area (Å²) in [6.07, 6.45) is 4.20. The minimum atomic E-state index is -0.975. The van der Waals surface area contributed by atoms with Gasteiger partial charge in [-0.2, -0.15) is 0 Å². The molecule has 2 N–H and O–H groups in total. The number of aliphatic carboxylic acids is 1. The summed E-state index contributed by atoms with van der Waals surface area (Å²) in [6.45, 7) is 9.86. The van der Waals surface area contributed by atoms with Crippen LogP contribution < -0.4 is 5.32 Å². The molecule has 19 heavy (non-hydrogen) atoms. The third-order valence-electron chi connectivity index (χ3n) is 2.86. The standard InChI is InChI=1S/C15H27NO3/c1-10(2)7-6-8-12(5)14(17)16-13(15(18)19)9-11(3)4/h8,10-11,13H,6-7,9H2,1-5H3,(H,16,17)(H,18,19)/t13-/m0/s1. The summed E-state index contributed by atoms with van der Waals surface area (Å²) >= 11 is 0. The van der Waals surface area contributed by atoms with Crippen molar-refractivity contribution in [3.8, 4) is 0 Å². The van der Waals surface area contributed by atoms with Crippen LogP contribution in [0.5, 0.6) is 0 Å². The minimum absolute atomic E-state index is 0.228. The predicted octanol–water partition coefficient (Wildman–Crippen LogP) is 2.98. The van der Waals surface area contributed by atoms with E-state index >= 15 is 0 Å². The fourth-order valence-electron chi connectivity index (χ4n) is 1.69. The van der Waals surface area contributed by atoms with Crippen molar-refractivity contribution in [3.05, 3.63) is 11.6 Å². The maximum Gasteiger partial charge on any atom is 0.326 e. The molecule has 1 atom stereocenters. The summed E-state index contributed by atoms with van der Waals surface area (Å²) in [5.74, 6) is -0.430. The zero-order valence-corrected chi connectivity index (χ0v) is 12.7. The van der Waals surface area contributed by atoms with Gasteiger partial charge in [0.05, 0.1) is 0 Å². The highest BCUT2D eigenvalue weighted by atomic mass is 16.4. The van der Waals surface area contributed by atoms with Crippen molar-refractivity contribution >= 4 is 11.9 Å². The van der Waals surface area contributed by atoms with E-state index < -0.39 is 12.0 Å². The van der Waals surface area contributed by atoms with E-state index in [0.717, 1.165) is 12.8 Å². The van der Waals surface area contributed by atoms with Crippen LogP contribution >= 0.6 is 0 Å². The van der Waals surface area contributed by atoms with E-state index in [1.54, 1.807) is 6.92 Å². The molecule has 110 valence electrons. The quantitative estimate of drug-likeness (QED) is 0.666. The van der Waals surface area contributed by atoms with Crippen LogP contribution in [0.1, 0.15) is 53.9 Å². The van der Waals surface area contributed by atoms with E-state index in [-0.39, 0.29) is 11.8 Å². The summed E-state index contributed by atoms with van der Waals surface area (Å²) in [4.78, 5) is 22.9. The van der Waals surface area contributed by atoms with Crippen molar-refractivity contribution < 1.29 is 14.7 Å². The van der Waals surface area contributed by atoms with Crippen LogP contribution in [0.25, 0.3) is 0 Å². The van der Waals surface area contributed by atoms with Crippen molar-refractivity contribution in [3.63, 3.8) is 0 Å². The molecule has 0 aromatic carbocycles. The summed E-state index contributed by atoms with van der Waals surface area (Å²) in [5.41, 5.74) is 0.593. The summed E-state index contributed by atoms with van der Waals surface area (Å²) < 4.78 is 0. The highest BCUT2D eigenvalue weighted by Crippen LogP contribution is 2.08. The number of carboxylic acids is 1. The van der Waals surface area contributed by atoms with E-state index in [9.17, 15) is 9.59 Å². The van der Waals surface area contributed by atoms with Crippen molar-refractivity contribution in [2.24, 2.45) is 11.8 Å². The smallest absolute Gasteiger partial charge is 0.326 e. The molecule has 0 unspecified atom stereocenters. The Morgan fingerprint density at radius 3 is 2.16 bits per heavy atom. The zero-order valence-electron chi connectivity index (χ0n) is 12.7. The molecule has 4 nitrogen and oxygen atoms in total. The van der Waals surface area contributed by atoms with E-state index in [0.29, 0.717) is 17.9 Å². The third-order valence-corrected chi connectivity index (χ3v) is 2.86. The monoisotopic (exact) mass is 269 g/mol. The molecular weight excluding hydrogens is 242 g/mol. The van der Waals surface area contributed by atoms with E-state index in [1.807, 2.05) is 19.9 Å². The third kappa shape index (κ3) is 8.41. The van der Waals surface area contributed by atoms with Crippen molar-refractivity contribution in [2.45, 2.75) is 59.9 Å². The van der Waals surface area contributed by atoms with Gasteiger partial charge >= 0.3 is 5.97 Å². The second kappa shape index (κ2) is 8.73. The first kappa shape index (κ1) is 17.7. The number of rotatable bonds is 8. The van der Waals surface area contributed by atoms with Gasteiger partial charge in [0, 0.05) is 5.57 Å². The van der Waals surface area contributed by atoms with Crippen LogP contribution in [-0.4, -0.2) is 23.0 Å². The Labute approximate surface area is 116 Å². The normalized spacial score (nSPS) is 13.7. The number of hydrogen-bond donors (Lipinski definition) is 2. The number of allylic oxidation sites excluding steroid dienone is 1. The molecule has 0 saturated carbocycles. The van der Waals surface area contributed by atoms with Gasteiger partial charge in [-0.15, -0.1) is 0 Å². The van der Waals surface area contributed by atoms with Crippen LogP contribution in [-0.2, 0) is 9.59 Å². The Morgan fingerprint density at radius 2 is 1.74 bits per heavy atom. The topological polar surface area (TPSA) is 66.4 Å². The molecule has 1 amide bonds. The molecule has 0 heterocycles. The van der Waals surface area contributed by atoms with Gasteiger partial charge in [0.2, 0.25) is 5.91 Å². The molecule has 0 aliphatic carbocycles. The van der Waals surface area contributed by atoms with Gasteiger partial charge in [0.1, 0.15) is 6.04 Å². The summed E-state index contributed by atoms with van der Waals surface area (Å²) in [7, 11) is 0. The largest absolute Gasteiger partial charge is 0.480 e. The zero-order chi connectivity index (χ0) is 15.0. The molecule has 0 aromatic rings. The molecule has 0 aromatic heterocycles. The van der Waals surface area contributed by atoms with Gasteiger partial charge in [-0.3, -0.25) is 4.79 Å². The van der Waals surface area contributed by atoms with Crippen molar-refractivity contribution in [2.75, 3.05) is 0 Å². The molecule has 0 aliphatic heterocycles. The summed E-state index contributed by atoms with van der Waals surface area (Å²) in [5, 5.41) is 11.6. The number of carbonyl (C=O) groups excluding carboxylic acids is 1. The Bertz CT molecular complexity index is 332. The van der Waals surface area contributed by atoms with Crippen LogP contribution in [0.15, 0.2) is 11.6 Å². The van der Waals surface area contributed by atoms with Crippen LogP contribution in [0.4, 0.5) is 0 Å². The Balaban J connectivity index is 4.42. The maximum atomic E-state index is 11.9. The number of nitrogens with one attached hydrogen (secondary N) is 1. The fraction of sp³-hybridized carbons (Fsp3) is 0.733. The lowest BCUT2D eigenvalue weighted by atomic mass is 10.0. The molecule has 0 aliphatic rings. The van der Waals surface area contributed by atoms with Crippen LogP contribution in [0.3, 0.4) is 0 Å². The predicted molar refractivity (Wildman–Crippen MR) is 76.9 cm³/mol. The minimum Gasteiger partial charge on any atom is -0.480 e. The second-order valence-electron chi connectivity index (χ2n) is 5.85. The lowest BCUT2D eigenvalue weighted by Gasteiger charge is -2.16. The molecule has 4 heteroatoms. The number of carbonyl (C=O) groups is 2. The van der Waals surface area contributed by atoms with Crippen molar-refractivity contribution in [1.29, 1.82) is 0 Å². The number of amides is 1. The van der Waals surface area contributed by atoms with E-state index in [4.69, 9.17) is 5.11 Å². The number of carboxylic acid groups (broad SMARTS) is 1. The highest BCUT2D eigenvalue weighted by molar-refractivity contribution is 5.95. The Kier molecular flexibility index (Phi) is 8.12. The molecule has 0 saturated heterocycles. The Morgan fingerprint density at radius 1 is 1.16 bits per heavy atom. The van der Waals surface area contributed by atoms with E-state index in [1.165, 1.54) is 0 Å². The van der Waals surface area contributed by atoms with Gasteiger partial charge in [0.15, 0.2) is 0 Å².